The molecule has 0 radical (unpaired) electrons. The number of ether oxygens (including phenoxy) is 1. The smallest absolute Gasteiger partial charge is 0.119 e. The van der Waals surface area contributed by atoms with Crippen molar-refractivity contribution in [3.05, 3.63) is 53.6 Å². The molecule has 2 aromatic carbocycles. The maximum atomic E-state index is 9.57. The van der Waals surface area contributed by atoms with Gasteiger partial charge in [0.05, 0.1) is 6.61 Å². The molecule has 0 aliphatic rings. The van der Waals surface area contributed by atoms with Gasteiger partial charge >= 0.3 is 0 Å². The average Bonchev–Trinajstić information content (AvgIpc) is 2.45. The summed E-state index contributed by atoms with van der Waals surface area (Å²) in [6.45, 7) is 5.17. The van der Waals surface area contributed by atoms with Crippen LogP contribution in [-0.2, 0) is 11.3 Å². The van der Waals surface area contributed by atoms with Crippen molar-refractivity contribution >= 4 is 5.69 Å². The lowest BCUT2D eigenvalue weighted by molar-refractivity contribution is 0.134. The number of benzene rings is 2. The van der Waals surface area contributed by atoms with Gasteiger partial charge in [-0.2, -0.15) is 0 Å². The SMILES string of the molecule is CCOCc1ccccc1NC(C)c1cc(O)cc(O)c1. The van der Waals surface area contributed by atoms with Crippen molar-refractivity contribution in [2.24, 2.45) is 0 Å². The number of anilines is 1. The van der Waals surface area contributed by atoms with Gasteiger partial charge in [0.15, 0.2) is 0 Å². The maximum absolute atomic E-state index is 9.57. The van der Waals surface area contributed by atoms with Crippen LogP contribution in [0.25, 0.3) is 0 Å². The zero-order valence-corrected chi connectivity index (χ0v) is 12.3. The lowest BCUT2D eigenvalue weighted by Crippen LogP contribution is -2.09. The Morgan fingerprint density at radius 2 is 1.76 bits per heavy atom. The second-order valence-corrected chi connectivity index (χ2v) is 4.94. The van der Waals surface area contributed by atoms with Crippen LogP contribution in [-0.4, -0.2) is 16.8 Å². The highest BCUT2D eigenvalue weighted by atomic mass is 16.5. The minimum Gasteiger partial charge on any atom is -0.508 e. The fourth-order valence-electron chi connectivity index (χ4n) is 2.18. The van der Waals surface area contributed by atoms with E-state index in [1.54, 1.807) is 12.1 Å². The minimum atomic E-state index is -0.0502. The second kappa shape index (κ2) is 6.99. The van der Waals surface area contributed by atoms with Crippen molar-refractivity contribution in [1.29, 1.82) is 0 Å². The minimum absolute atomic E-state index is 0.0502. The lowest BCUT2D eigenvalue weighted by atomic mass is 10.1. The van der Waals surface area contributed by atoms with Crippen LogP contribution >= 0.6 is 0 Å². The molecule has 112 valence electrons. The van der Waals surface area contributed by atoms with Crippen molar-refractivity contribution in [2.75, 3.05) is 11.9 Å². The first-order valence-electron chi connectivity index (χ1n) is 7.05. The summed E-state index contributed by atoms with van der Waals surface area (Å²) in [5.41, 5.74) is 2.88. The zero-order chi connectivity index (χ0) is 15.2. The van der Waals surface area contributed by atoms with Gasteiger partial charge in [0.25, 0.3) is 0 Å². The summed E-state index contributed by atoms with van der Waals surface area (Å²) in [6, 6.07) is 12.5. The topological polar surface area (TPSA) is 61.7 Å². The molecule has 0 saturated heterocycles. The van der Waals surface area contributed by atoms with E-state index in [-0.39, 0.29) is 17.5 Å². The molecule has 0 saturated carbocycles. The average molecular weight is 287 g/mol. The fraction of sp³-hybridized carbons (Fsp3) is 0.294. The molecule has 2 rings (SSSR count). The number of phenolic OH excluding ortho intramolecular Hbond substituents is 2. The van der Waals surface area contributed by atoms with Crippen molar-refractivity contribution in [3.8, 4) is 11.5 Å². The number of hydrogen-bond acceptors (Lipinski definition) is 4. The number of rotatable bonds is 6. The highest BCUT2D eigenvalue weighted by Crippen LogP contribution is 2.28. The van der Waals surface area contributed by atoms with Gasteiger partial charge < -0.3 is 20.3 Å². The molecule has 3 N–H and O–H groups in total. The van der Waals surface area contributed by atoms with E-state index in [1.807, 2.05) is 38.1 Å². The Morgan fingerprint density at radius 3 is 2.43 bits per heavy atom. The van der Waals surface area contributed by atoms with Crippen molar-refractivity contribution in [3.63, 3.8) is 0 Å². The Kier molecular flexibility index (Phi) is 5.06. The molecule has 0 bridgehead atoms. The van der Waals surface area contributed by atoms with Crippen LogP contribution in [0.2, 0.25) is 0 Å². The lowest BCUT2D eigenvalue weighted by Gasteiger charge is -2.19. The molecule has 21 heavy (non-hydrogen) atoms. The van der Waals surface area contributed by atoms with E-state index in [0.29, 0.717) is 13.2 Å². The molecule has 2 aromatic rings. The van der Waals surface area contributed by atoms with Gasteiger partial charge in [-0.1, -0.05) is 18.2 Å². The molecule has 4 nitrogen and oxygen atoms in total. The van der Waals surface area contributed by atoms with Gasteiger partial charge in [0.2, 0.25) is 0 Å². The van der Waals surface area contributed by atoms with Gasteiger partial charge in [0, 0.05) is 30.0 Å². The van der Waals surface area contributed by atoms with E-state index in [1.165, 1.54) is 6.07 Å². The summed E-state index contributed by atoms with van der Waals surface area (Å²) in [6.07, 6.45) is 0. The van der Waals surface area contributed by atoms with Crippen LogP contribution in [0.5, 0.6) is 11.5 Å². The Bertz CT molecular complexity index is 578. The van der Waals surface area contributed by atoms with E-state index < -0.39 is 0 Å². The molecule has 4 heteroatoms. The summed E-state index contributed by atoms with van der Waals surface area (Å²) in [5, 5.41) is 22.5. The van der Waals surface area contributed by atoms with Gasteiger partial charge in [-0.3, -0.25) is 0 Å². The highest BCUT2D eigenvalue weighted by Gasteiger charge is 2.10. The third-order valence-corrected chi connectivity index (χ3v) is 3.28. The Hall–Kier alpha value is -2.20. The summed E-state index contributed by atoms with van der Waals surface area (Å²) >= 11 is 0. The summed E-state index contributed by atoms with van der Waals surface area (Å²) in [5.74, 6) is 0.113. The third-order valence-electron chi connectivity index (χ3n) is 3.28. The van der Waals surface area contributed by atoms with E-state index in [2.05, 4.69) is 5.32 Å². The number of phenols is 2. The van der Waals surface area contributed by atoms with E-state index in [9.17, 15) is 10.2 Å². The number of para-hydroxylation sites is 1. The normalized spacial score (nSPS) is 12.1. The quantitative estimate of drug-likeness (QED) is 0.756. The van der Waals surface area contributed by atoms with E-state index in [4.69, 9.17) is 4.74 Å². The largest absolute Gasteiger partial charge is 0.508 e. The Morgan fingerprint density at radius 1 is 1.10 bits per heavy atom. The van der Waals surface area contributed by atoms with E-state index >= 15 is 0 Å². The molecule has 0 heterocycles. The van der Waals surface area contributed by atoms with Crippen molar-refractivity contribution in [1.82, 2.24) is 0 Å². The fourth-order valence-corrected chi connectivity index (χ4v) is 2.18. The van der Waals surface area contributed by atoms with Crippen LogP contribution in [0, 0.1) is 0 Å². The molecule has 0 aliphatic heterocycles. The van der Waals surface area contributed by atoms with Gasteiger partial charge in [-0.05, 0) is 37.6 Å². The van der Waals surface area contributed by atoms with Crippen molar-refractivity contribution < 1.29 is 14.9 Å². The van der Waals surface area contributed by atoms with Crippen LogP contribution in [0.1, 0.15) is 31.0 Å². The predicted molar refractivity (Wildman–Crippen MR) is 83.6 cm³/mol. The standard InChI is InChI=1S/C17H21NO3/c1-3-21-11-13-6-4-5-7-17(13)18-12(2)14-8-15(19)10-16(20)9-14/h4-10,12,18-20H,3,11H2,1-2H3. The molecule has 0 spiro atoms. The number of nitrogens with one attached hydrogen (secondary N) is 1. The molecule has 0 amide bonds. The van der Waals surface area contributed by atoms with E-state index in [0.717, 1.165) is 16.8 Å². The zero-order valence-electron chi connectivity index (χ0n) is 12.3. The molecule has 0 aliphatic carbocycles. The van der Waals surface area contributed by atoms with Crippen LogP contribution in [0.4, 0.5) is 5.69 Å². The number of hydrogen-bond donors (Lipinski definition) is 3. The van der Waals surface area contributed by atoms with Crippen LogP contribution in [0.15, 0.2) is 42.5 Å². The van der Waals surface area contributed by atoms with Gasteiger partial charge in [-0.15, -0.1) is 0 Å². The predicted octanol–water partition coefficient (Wildman–Crippen LogP) is 3.81. The summed E-state index contributed by atoms with van der Waals surface area (Å²) in [7, 11) is 0. The van der Waals surface area contributed by atoms with Gasteiger partial charge in [0.1, 0.15) is 11.5 Å². The first-order valence-corrected chi connectivity index (χ1v) is 7.05. The second-order valence-electron chi connectivity index (χ2n) is 4.94. The van der Waals surface area contributed by atoms with Gasteiger partial charge in [-0.25, -0.2) is 0 Å². The molecular formula is C17H21NO3. The first-order chi connectivity index (χ1) is 10.1. The molecule has 0 aromatic heterocycles. The molecular weight excluding hydrogens is 266 g/mol. The monoisotopic (exact) mass is 287 g/mol. The highest BCUT2D eigenvalue weighted by molar-refractivity contribution is 5.53. The summed E-state index contributed by atoms with van der Waals surface area (Å²) < 4.78 is 5.47. The molecule has 1 unspecified atom stereocenters. The maximum Gasteiger partial charge on any atom is 0.119 e. The number of aromatic hydroxyl groups is 2. The van der Waals surface area contributed by atoms with Crippen LogP contribution in [0.3, 0.4) is 0 Å². The first kappa shape index (κ1) is 15.2. The van der Waals surface area contributed by atoms with Crippen LogP contribution < -0.4 is 5.32 Å². The third kappa shape index (κ3) is 4.13. The van der Waals surface area contributed by atoms with Crippen molar-refractivity contribution in [2.45, 2.75) is 26.5 Å². The molecule has 1 atom stereocenters. The Labute approximate surface area is 125 Å². The Balaban J connectivity index is 2.17. The molecule has 0 fully saturated rings. The summed E-state index contributed by atoms with van der Waals surface area (Å²) in [4.78, 5) is 0.